The average Bonchev–Trinajstić information content (AvgIpc) is 3.16. The molecule has 258 valence electrons. The van der Waals surface area contributed by atoms with Gasteiger partial charge in [0.15, 0.2) is 0 Å². The van der Waals surface area contributed by atoms with Crippen molar-refractivity contribution >= 4 is 40.3 Å². The maximum Gasteiger partial charge on any atom is 0.473 e. The van der Waals surface area contributed by atoms with E-state index in [0.29, 0.717) is 22.5 Å². The summed E-state index contributed by atoms with van der Waals surface area (Å²) in [7, 11) is 3.46. The highest BCUT2D eigenvalue weighted by Gasteiger charge is 2.54. The van der Waals surface area contributed by atoms with Crippen molar-refractivity contribution in [1.82, 2.24) is 4.90 Å². The molecule has 48 heavy (non-hydrogen) atoms. The first kappa shape index (κ1) is 35.0. The maximum absolute atomic E-state index is 14.0. The monoisotopic (exact) mass is 678 g/mol. The van der Waals surface area contributed by atoms with Gasteiger partial charge in [-0.05, 0) is 63.1 Å². The van der Waals surface area contributed by atoms with Crippen LogP contribution in [0.2, 0.25) is 0 Å². The van der Waals surface area contributed by atoms with Crippen molar-refractivity contribution in [3.63, 3.8) is 0 Å². The van der Waals surface area contributed by atoms with Crippen molar-refractivity contribution in [2.45, 2.75) is 84.2 Å². The Kier molecular flexibility index (Phi) is 7.34. The smallest absolute Gasteiger partial charge is 0.473 e. The van der Waals surface area contributed by atoms with E-state index < -0.39 is 80.2 Å². The van der Waals surface area contributed by atoms with Crippen molar-refractivity contribution in [2.24, 2.45) is 10.4 Å². The largest absolute Gasteiger partial charge is 0.506 e. The molecular formula is C34H36F6N4O4. The van der Waals surface area contributed by atoms with E-state index >= 15 is 0 Å². The number of nitrogens with zero attached hydrogens (tertiary/aromatic N) is 3. The summed E-state index contributed by atoms with van der Waals surface area (Å²) in [5.74, 6) is -6.38. The third-order valence-corrected chi connectivity index (χ3v) is 11.5. The number of aliphatic hydroxyl groups is 1. The number of amides is 2. The van der Waals surface area contributed by atoms with Gasteiger partial charge >= 0.3 is 24.2 Å². The number of hydrogen-bond acceptors (Lipinski definition) is 6. The summed E-state index contributed by atoms with van der Waals surface area (Å²) in [5, 5.41) is 13.3. The molecular weight excluding hydrogens is 642 g/mol. The van der Waals surface area contributed by atoms with E-state index in [2.05, 4.69) is 4.99 Å². The van der Waals surface area contributed by atoms with Gasteiger partial charge in [0.05, 0.1) is 22.5 Å². The van der Waals surface area contributed by atoms with Crippen LogP contribution in [0.4, 0.5) is 37.7 Å². The topological polar surface area (TPSA) is 102 Å². The minimum Gasteiger partial charge on any atom is -0.506 e. The lowest BCUT2D eigenvalue weighted by atomic mass is 9.69. The Balaban J connectivity index is 1.78. The van der Waals surface area contributed by atoms with Gasteiger partial charge in [-0.15, -0.1) is 0 Å². The molecule has 0 atom stereocenters. The standard InChI is InChI=1S/C34H36F6N4O4/c1-29(2)17-11-15(19(41-27(47)33(35,36)37)13-21(17)43(9)31(29,5)6)23-25(45)24(26(23)46)16-12-18-22(44(10)32(7,8)30(18,3)4)14-20(16)42-28(48)34(38,39)40/h11-14,45H,1-10H3,(H,41,47)/b24-16-,42-20?. The zero-order chi connectivity index (χ0) is 36.5. The van der Waals surface area contributed by atoms with Crippen molar-refractivity contribution in [1.29, 1.82) is 0 Å². The van der Waals surface area contributed by atoms with Crippen LogP contribution in [0.1, 0.15) is 66.5 Å². The van der Waals surface area contributed by atoms with Gasteiger partial charge in [-0.25, -0.2) is 4.99 Å². The van der Waals surface area contributed by atoms with Crippen LogP contribution in [0.3, 0.4) is 0 Å². The molecule has 0 radical (unpaired) electrons. The first-order valence-electron chi connectivity index (χ1n) is 15.0. The number of nitrogens with one attached hydrogen (secondary N) is 1. The van der Waals surface area contributed by atoms with Crippen molar-refractivity contribution in [3.05, 3.63) is 63.6 Å². The number of carbonyl (C=O) groups is 3. The number of fused-ring (bicyclic) bond motifs is 2. The molecule has 2 heterocycles. The van der Waals surface area contributed by atoms with E-state index in [1.165, 1.54) is 24.3 Å². The van der Waals surface area contributed by atoms with Gasteiger partial charge in [0.25, 0.3) is 0 Å². The summed E-state index contributed by atoms with van der Waals surface area (Å²) in [6.45, 7) is 15.2. The van der Waals surface area contributed by atoms with E-state index in [-0.39, 0.29) is 11.1 Å². The summed E-state index contributed by atoms with van der Waals surface area (Å²) in [4.78, 5) is 45.1. The second-order valence-electron chi connectivity index (χ2n) is 14.6. The fraction of sp³-hybridized carbons (Fsp3) is 0.471. The molecule has 5 rings (SSSR count). The highest BCUT2D eigenvalue weighted by Crippen LogP contribution is 2.56. The number of likely N-dealkylation sites (N-methyl/N-ethyl adjacent to an activating group) is 2. The Hall–Kier alpha value is -4.36. The first-order chi connectivity index (χ1) is 21.6. The van der Waals surface area contributed by atoms with E-state index in [0.717, 1.165) is 0 Å². The third-order valence-electron chi connectivity index (χ3n) is 11.5. The molecule has 2 N–H and O–H groups in total. The van der Waals surface area contributed by atoms with Crippen LogP contribution >= 0.6 is 0 Å². The van der Waals surface area contributed by atoms with E-state index in [1.54, 1.807) is 14.1 Å². The van der Waals surface area contributed by atoms with Crippen LogP contribution in [0.25, 0.3) is 5.57 Å². The summed E-state index contributed by atoms with van der Waals surface area (Å²) < 4.78 is 80.4. The lowest BCUT2D eigenvalue weighted by Crippen LogP contribution is -2.49. The lowest BCUT2D eigenvalue weighted by molar-refractivity contribution is -0.169. The minimum atomic E-state index is -5.33. The molecule has 4 aliphatic rings. The SMILES string of the molecule is CN1C2=CC(=NC(=O)C(F)(F)F)/C(=C3\C(=O)C(c4cc5c(cc4NC(=O)C(F)(F)F)N(C)C(C)(C)C5(C)C)=C3O)C=C2C(C)(C)C1(C)C. The fourth-order valence-corrected chi connectivity index (χ4v) is 6.69. The van der Waals surface area contributed by atoms with Crippen LogP contribution < -0.4 is 10.2 Å². The highest BCUT2D eigenvalue weighted by atomic mass is 19.4. The number of carbonyl (C=O) groups excluding carboxylic acids is 3. The highest BCUT2D eigenvalue weighted by molar-refractivity contribution is 6.42. The van der Waals surface area contributed by atoms with Crippen molar-refractivity contribution in [2.75, 3.05) is 24.3 Å². The van der Waals surface area contributed by atoms with Crippen LogP contribution in [-0.2, 0) is 19.8 Å². The number of aliphatic hydroxyl groups excluding tert-OH is 1. The summed E-state index contributed by atoms with van der Waals surface area (Å²) in [5.41, 5.74) is -2.55. The van der Waals surface area contributed by atoms with Crippen LogP contribution in [0, 0.1) is 5.41 Å². The lowest BCUT2D eigenvalue weighted by Gasteiger charge is -2.40. The van der Waals surface area contributed by atoms with E-state index in [9.17, 15) is 45.8 Å². The molecule has 0 aromatic heterocycles. The second kappa shape index (κ2) is 10.1. The van der Waals surface area contributed by atoms with Crippen LogP contribution in [0.5, 0.6) is 0 Å². The third kappa shape index (κ3) is 4.65. The molecule has 0 bridgehead atoms. The number of anilines is 2. The molecule has 0 saturated carbocycles. The predicted molar refractivity (Wildman–Crippen MR) is 169 cm³/mol. The van der Waals surface area contributed by atoms with Gasteiger partial charge in [-0.2, -0.15) is 26.3 Å². The molecule has 1 aromatic carbocycles. The Labute approximate surface area is 273 Å². The van der Waals surface area contributed by atoms with Gasteiger partial charge in [0.2, 0.25) is 5.78 Å². The Morgan fingerprint density at radius 1 is 0.812 bits per heavy atom. The molecule has 8 nitrogen and oxygen atoms in total. The molecule has 0 unspecified atom stereocenters. The van der Waals surface area contributed by atoms with E-state index in [4.69, 9.17) is 0 Å². The zero-order valence-electron chi connectivity index (χ0n) is 28.1. The number of alkyl halides is 6. The maximum atomic E-state index is 14.0. The number of likely N-dealkylation sites (tertiary alicyclic amines) is 1. The molecule has 2 aliphatic heterocycles. The van der Waals surface area contributed by atoms with Crippen LogP contribution in [0.15, 0.2) is 57.5 Å². The molecule has 2 aliphatic carbocycles. The normalized spacial score (nSPS) is 24.7. The number of benzene rings is 1. The molecule has 2 amide bonds. The summed E-state index contributed by atoms with van der Waals surface area (Å²) >= 11 is 0. The predicted octanol–water partition coefficient (Wildman–Crippen LogP) is 6.95. The molecule has 1 aromatic rings. The summed E-state index contributed by atoms with van der Waals surface area (Å²) in [6, 6.07) is 2.74. The van der Waals surface area contributed by atoms with Gasteiger partial charge in [0.1, 0.15) is 5.76 Å². The van der Waals surface area contributed by atoms with Crippen molar-refractivity contribution < 1.29 is 45.8 Å². The van der Waals surface area contributed by atoms with Crippen molar-refractivity contribution in [3.8, 4) is 0 Å². The van der Waals surface area contributed by atoms with Crippen LogP contribution in [-0.4, -0.2) is 70.8 Å². The Morgan fingerprint density at radius 3 is 1.90 bits per heavy atom. The number of ketones is 1. The summed E-state index contributed by atoms with van der Waals surface area (Å²) in [6.07, 6.45) is -7.94. The fourth-order valence-electron chi connectivity index (χ4n) is 6.69. The average molecular weight is 679 g/mol. The first-order valence-corrected chi connectivity index (χ1v) is 15.0. The molecule has 1 fully saturated rings. The Bertz CT molecular complexity index is 1870. The number of aliphatic imine (C=N–C) groups is 1. The number of hydrogen-bond donors (Lipinski definition) is 2. The Morgan fingerprint density at radius 2 is 1.38 bits per heavy atom. The van der Waals surface area contributed by atoms with Gasteiger partial charge in [0, 0.05) is 58.5 Å². The van der Waals surface area contributed by atoms with Gasteiger partial charge in [-0.1, -0.05) is 27.7 Å². The molecule has 0 spiro atoms. The zero-order valence-corrected chi connectivity index (χ0v) is 28.1. The number of allylic oxidation sites excluding steroid dienone is 6. The number of rotatable bonds is 2. The van der Waals surface area contributed by atoms with Gasteiger partial charge in [-0.3, -0.25) is 14.4 Å². The van der Waals surface area contributed by atoms with Gasteiger partial charge < -0.3 is 20.2 Å². The quantitative estimate of drug-likeness (QED) is 0.260. The minimum absolute atomic E-state index is 0.205. The molecule has 14 heteroatoms. The van der Waals surface area contributed by atoms with E-state index in [1.807, 2.05) is 70.5 Å². The number of halogens is 6. The number of Topliss-reactive ketones (excluding diaryl/α,β-unsaturated/α-hetero) is 1. The second-order valence-corrected chi connectivity index (χ2v) is 14.6. The molecule has 1 saturated heterocycles.